The van der Waals surface area contributed by atoms with E-state index in [1.807, 2.05) is 19.1 Å². The Kier molecular flexibility index (Phi) is 6.60. The summed E-state index contributed by atoms with van der Waals surface area (Å²) in [6, 6.07) is 16.3. The van der Waals surface area contributed by atoms with Crippen LogP contribution in [-0.2, 0) is 0 Å². The molecule has 0 radical (unpaired) electrons. The summed E-state index contributed by atoms with van der Waals surface area (Å²) < 4.78 is 5.68. The fraction of sp³-hybridized carbons (Fsp3) is 0.520. The third-order valence-electron chi connectivity index (χ3n) is 6.59. The lowest BCUT2D eigenvalue weighted by molar-refractivity contribution is 0.186. The number of piperazine rings is 1. The molecule has 2 aromatic rings. The van der Waals surface area contributed by atoms with E-state index >= 15 is 0 Å². The van der Waals surface area contributed by atoms with Crippen LogP contribution >= 0.6 is 0 Å². The van der Waals surface area contributed by atoms with E-state index in [-0.39, 0.29) is 0 Å². The fourth-order valence-corrected chi connectivity index (χ4v) is 4.92. The molecule has 1 N–H and O–H groups in total. The summed E-state index contributed by atoms with van der Waals surface area (Å²) in [6.45, 7) is 8.44. The van der Waals surface area contributed by atoms with Gasteiger partial charge in [0.05, 0.1) is 6.61 Å². The quantitative estimate of drug-likeness (QED) is 0.757. The molecule has 4 nitrogen and oxygen atoms in total. The van der Waals surface area contributed by atoms with Gasteiger partial charge in [0.25, 0.3) is 0 Å². The Hall–Kier alpha value is -2.20. The Morgan fingerprint density at radius 3 is 2.34 bits per heavy atom. The maximum atomic E-state index is 9.48. The van der Waals surface area contributed by atoms with Crippen molar-refractivity contribution in [2.45, 2.75) is 38.5 Å². The first-order valence-electron chi connectivity index (χ1n) is 11.2. The minimum absolute atomic E-state index is 0.340. The molecular weight excluding hydrogens is 360 g/mol. The zero-order valence-corrected chi connectivity index (χ0v) is 17.6. The standard InChI is InChI=1S/C25H34N2O2/c1-2-29-25-5-3-4-22(18-25)21-8-6-20(7-9-21)19-26-14-16-27(17-15-26)23-10-12-24(28)13-11-23/h3-5,10-13,18,20-21,28H,2,6-9,14-17,19H2,1H3. The van der Waals surface area contributed by atoms with Gasteiger partial charge in [-0.25, -0.2) is 0 Å². The van der Waals surface area contributed by atoms with Gasteiger partial charge >= 0.3 is 0 Å². The number of phenols is 1. The summed E-state index contributed by atoms with van der Waals surface area (Å²) in [5.41, 5.74) is 2.68. The van der Waals surface area contributed by atoms with Gasteiger partial charge in [0, 0.05) is 38.4 Å². The molecule has 1 aliphatic heterocycles. The van der Waals surface area contributed by atoms with Gasteiger partial charge in [-0.3, -0.25) is 4.90 Å². The van der Waals surface area contributed by atoms with Gasteiger partial charge in [-0.1, -0.05) is 12.1 Å². The normalized spacial score (nSPS) is 23.1. The van der Waals surface area contributed by atoms with Gasteiger partial charge in [0.15, 0.2) is 0 Å². The van der Waals surface area contributed by atoms with Crippen LogP contribution in [0.5, 0.6) is 11.5 Å². The van der Waals surface area contributed by atoms with Gasteiger partial charge < -0.3 is 14.7 Å². The second-order valence-electron chi connectivity index (χ2n) is 8.53. The number of phenolic OH excluding ortho intramolecular Hbond substituents is 1. The van der Waals surface area contributed by atoms with Crippen molar-refractivity contribution >= 4 is 5.69 Å². The van der Waals surface area contributed by atoms with E-state index < -0.39 is 0 Å². The number of rotatable bonds is 6. The van der Waals surface area contributed by atoms with Gasteiger partial charge in [-0.05, 0) is 86.4 Å². The second-order valence-corrected chi connectivity index (χ2v) is 8.53. The average Bonchev–Trinajstić information content (AvgIpc) is 2.76. The van der Waals surface area contributed by atoms with Crippen LogP contribution in [0.25, 0.3) is 0 Å². The van der Waals surface area contributed by atoms with E-state index in [1.165, 1.54) is 43.5 Å². The Balaban J connectivity index is 1.22. The lowest BCUT2D eigenvalue weighted by Gasteiger charge is -2.39. The van der Waals surface area contributed by atoms with Crippen molar-refractivity contribution < 1.29 is 9.84 Å². The van der Waals surface area contributed by atoms with E-state index in [4.69, 9.17) is 4.74 Å². The van der Waals surface area contributed by atoms with Gasteiger partial charge in [-0.15, -0.1) is 0 Å². The highest BCUT2D eigenvalue weighted by Gasteiger charge is 2.26. The number of nitrogens with zero attached hydrogens (tertiary/aromatic N) is 2. The third-order valence-corrected chi connectivity index (χ3v) is 6.59. The fourth-order valence-electron chi connectivity index (χ4n) is 4.92. The van der Waals surface area contributed by atoms with Crippen molar-refractivity contribution in [2.75, 3.05) is 44.2 Å². The van der Waals surface area contributed by atoms with E-state index in [9.17, 15) is 5.11 Å². The Bertz CT molecular complexity index is 761. The number of hydrogen-bond donors (Lipinski definition) is 1. The van der Waals surface area contributed by atoms with E-state index in [0.717, 1.165) is 44.5 Å². The number of benzene rings is 2. The molecule has 1 heterocycles. The van der Waals surface area contributed by atoms with Crippen LogP contribution in [0.4, 0.5) is 5.69 Å². The number of hydrogen-bond acceptors (Lipinski definition) is 4. The van der Waals surface area contributed by atoms with E-state index in [0.29, 0.717) is 11.7 Å². The Labute approximate surface area is 175 Å². The molecule has 2 fully saturated rings. The predicted molar refractivity (Wildman–Crippen MR) is 119 cm³/mol. The van der Waals surface area contributed by atoms with E-state index in [1.54, 1.807) is 12.1 Å². The predicted octanol–water partition coefficient (Wildman–Crippen LogP) is 4.89. The molecule has 0 amide bonds. The molecule has 0 atom stereocenters. The van der Waals surface area contributed by atoms with Gasteiger partial charge in [0.2, 0.25) is 0 Å². The summed E-state index contributed by atoms with van der Waals surface area (Å²) in [4.78, 5) is 5.08. The molecule has 2 aromatic carbocycles. The average molecular weight is 395 g/mol. The summed E-state index contributed by atoms with van der Waals surface area (Å²) in [7, 11) is 0. The molecule has 2 aliphatic rings. The monoisotopic (exact) mass is 394 g/mol. The van der Waals surface area contributed by atoms with Crippen LogP contribution in [0, 0.1) is 5.92 Å². The van der Waals surface area contributed by atoms with Crippen LogP contribution in [0.1, 0.15) is 44.1 Å². The molecule has 1 saturated carbocycles. The zero-order valence-electron chi connectivity index (χ0n) is 17.6. The molecule has 29 heavy (non-hydrogen) atoms. The first-order chi connectivity index (χ1) is 14.2. The molecule has 0 aromatic heterocycles. The second kappa shape index (κ2) is 9.53. The minimum Gasteiger partial charge on any atom is -0.508 e. The summed E-state index contributed by atoms with van der Waals surface area (Å²) >= 11 is 0. The molecule has 4 rings (SSSR count). The van der Waals surface area contributed by atoms with Crippen molar-refractivity contribution in [1.29, 1.82) is 0 Å². The largest absolute Gasteiger partial charge is 0.508 e. The highest BCUT2D eigenvalue weighted by molar-refractivity contribution is 5.49. The highest BCUT2D eigenvalue weighted by atomic mass is 16.5. The van der Waals surface area contributed by atoms with Gasteiger partial charge in [-0.2, -0.15) is 0 Å². The van der Waals surface area contributed by atoms with Crippen molar-refractivity contribution in [3.05, 3.63) is 54.1 Å². The number of aromatic hydroxyl groups is 1. The molecule has 0 spiro atoms. The highest BCUT2D eigenvalue weighted by Crippen LogP contribution is 2.37. The van der Waals surface area contributed by atoms with Crippen molar-refractivity contribution in [3.8, 4) is 11.5 Å². The molecular formula is C25H34N2O2. The zero-order chi connectivity index (χ0) is 20.1. The topological polar surface area (TPSA) is 35.9 Å². The molecule has 4 heteroatoms. The lowest BCUT2D eigenvalue weighted by Crippen LogP contribution is -2.48. The number of anilines is 1. The van der Waals surface area contributed by atoms with Crippen LogP contribution in [0.3, 0.4) is 0 Å². The molecule has 1 saturated heterocycles. The van der Waals surface area contributed by atoms with Crippen LogP contribution in [-0.4, -0.2) is 49.3 Å². The summed E-state index contributed by atoms with van der Waals surface area (Å²) in [5, 5.41) is 9.48. The smallest absolute Gasteiger partial charge is 0.119 e. The first kappa shape index (κ1) is 20.1. The maximum Gasteiger partial charge on any atom is 0.119 e. The summed E-state index contributed by atoms with van der Waals surface area (Å²) in [6.07, 6.45) is 5.27. The lowest BCUT2D eigenvalue weighted by atomic mass is 9.78. The van der Waals surface area contributed by atoms with Crippen LogP contribution in [0.2, 0.25) is 0 Å². The maximum absolute atomic E-state index is 9.48. The molecule has 0 unspecified atom stereocenters. The third kappa shape index (κ3) is 5.24. The minimum atomic E-state index is 0.340. The van der Waals surface area contributed by atoms with Crippen molar-refractivity contribution in [3.63, 3.8) is 0 Å². The summed E-state index contributed by atoms with van der Waals surface area (Å²) in [5.74, 6) is 2.88. The molecule has 1 aliphatic carbocycles. The number of ether oxygens (including phenoxy) is 1. The molecule has 0 bridgehead atoms. The SMILES string of the molecule is CCOc1cccc(C2CCC(CN3CCN(c4ccc(O)cc4)CC3)CC2)c1. The van der Waals surface area contributed by atoms with Gasteiger partial charge in [0.1, 0.15) is 11.5 Å². The van der Waals surface area contributed by atoms with Crippen LogP contribution < -0.4 is 9.64 Å². The first-order valence-corrected chi connectivity index (χ1v) is 11.2. The molecule has 156 valence electrons. The van der Waals surface area contributed by atoms with Crippen molar-refractivity contribution in [1.82, 2.24) is 4.90 Å². The van der Waals surface area contributed by atoms with Crippen LogP contribution in [0.15, 0.2) is 48.5 Å². The van der Waals surface area contributed by atoms with E-state index in [2.05, 4.69) is 34.1 Å². The Morgan fingerprint density at radius 2 is 1.66 bits per heavy atom. The Morgan fingerprint density at radius 1 is 0.931 bits per heavy atom. The van der Waals surface area contributed by atoms with Crippen molar-refractivity contribution in [2.24, 2.45) is 5.92 Å².